The number of rotatable bonds is 12. The van der Waals surface area contributed by atoms with E-state index in [9.17, 15) is 23.9 Å². The number of nitrogens with zero attached hydrogens (tertiary/aromatic N) is 2. The van der Waals surface area contributed by atoms with Crippen molar-refractivity contribution < 1.29 is 52.4 Å². The first-order valence-corrected chi connectivity index (χ1v) is 25.2. The molecular weight excluding hydrogens is 855 g/mol. The fourth-order valence-electron chi connectivity index (χ4n) is 11.2. The van der Waals surface area contributed by atoms with Gasteiger partial charge in [-0.1, -0.05) is 47.5 Å². The van der Waals surface area contributed by atoms with Crippen molar-refractivity contribution in [1.29, 1.82) is 0 Å². The fraction of sp³-hybridized carbons (Fsp3) is 0.686. The van der Waals surface area contributed by atoms with Gasteiger partial charge in [0.05, 0.1) is 30.4 Å². The van der Waals surface area contributed by atoms with Gasteiger partial charge in [0.2, 0.25) is 0 Å². The number of methoxy groups -OCH3 is 1. The molecule has 2 amide bonds. The molecule has 7 aliphatic rings. The van der Waals surface area contributed by atoms with Crippen molar-refractivity contribution in [2.75, 3.05) is 45.7 Å². The summed E-state index contributed by atoms with van der Waals surface area (Å²) in [5.74, 6) is 1.83. The summed E-state index contributed by atoms with van der Waals surface area (Å²) >= 11 is 1.20. The Morgan fingerprint density at radius 3 is 1.78 bits per heavy atom. The quantitative estimate of drug-likeness (QED) is 0.198. The van der Waals surface area contributed by atoms with E-state index in [2.05, 4.69) is 20.8 Å². The van der Waals surface area contributed by atoms with Crippen molar-refractivity contribution in [1.82, 2.24) is 9.80 Å². The zero-order chi connectivity index (χ0) is 47.1. The van der Waals surface area contributed by atoms with Crippen molar-refractivity contribution in [2.24, 2.45) is 28.6 Å². The molecule has 360 valence electrons. The first-order chi connectivity index (χ1) is 31.1. The van der Waals surface area contributed by atoms with Crippen molar-refractivity contribution in [3.8, 4) is 11.5 Å². The summed E-state index contributed by atoms with van der Waals surface area (Å²) in [6, 6.07) is 6.20. The number of thioether (sulfide) groups is 1. The number of carboxylic acid groups (broad SMARTS) is 2. The van der Waals surface area contributed by atoms with Gasteiger partial charge in [-0.05, 0) is 130 Å². The van der Waals surface area contributed by atoms with E-state index in [1.807, 2.05) is 13.8 Å². The second kappa shape index (κ2) is 22.3. The molecule has 14 heteroatoms. The predicted molar refractivity (Wildman–Crippen MR) is 248 cm³/mol. The molecule has 9 rings (SSSR count). The SMILES string of the molecule is CC.CC1CC2CC(C1)CC(C)(COc1cc(F)c(C(=O)N3CCSC3C(=O)O)cc1C1CC1)C2.COC1CCN(C(=O)c2cc(C3CC3)c(OCC3(C)CCCC3)cc2F)C1.O=CO. The van der Waals surface area contributed by atoms with Crippen LogP contribution < -0.4 is 9.47 Å². The van der Waals surface area contributed by atoms with Gasteiger partial charge >= 0.3 is 5.97 Å². The smallest absolute Gasteiger partial charge is 0.337 e. The fourth-order valence-corrected chi connectivity index (χ4v) is 12.2. The molecule has 2 aromatic carbocycles. The number of hydrogen-bond donors (Lipinski definition) is 2. The summed E-state index contributed by atoms with van der Waals surface area (Å²) in [7, 11) is 1.65. The number of carboxylic acids is 1. The Bertz CT molecular complexity index is 1970. The number of likely N-dealkylation sites (tertiary alicyclic amines) is 1. The van der Waals surface area contributed by atoms with Crippen LogP contribution in [-0.2, 0) is 14.3 Å². The van der Waals surface area contributed by atoms with Crippen molar-refractivity contribution in [3.63, 3.8) is 0 Å². The molecule has 2 aromatic rings. The van der Waals surface area contributed by atoms with E-state index in [1.54, 1.807) is 24.1 Å². The van der Waals surface area contributed by atoms with Crippen LogP contribution in [0.15, 0.2) is 24.3 Å². The Kier molecular flexibility index (Phi) is 17.3. The molecule has 11 nitrogen and oxygen atoms in total. The molecule has 2 aliphatic heterocycles. The summed E-state index contributed by atoms with van der Waals surface area (Å²) in [6.07, 6.45) is 16.1. The Hall–Kier alpha value is -3.91. The van der Waals surface area contributed by atoms with Crippen LogP contribution in [0, 0.1) is 40.2 Å². The van der Waals surface area contributed by atoms with E-state index in [4.69, 9.17) is 24.1 Å². The predicted octanol–water partition coefficient (Wildman–Crippen LogP) is 10.8. The Labute approximate surface area is 388 Å². The molecule has 4 unspecified atom stereocenters. The molecule has 5 saturated carbocycles. The van der Waals surface area contributed by atoms with Gasteiger partial charge in [0.1, 0.15) is 23.1 Å². The molecule has 0 spiro atoms. The number of halogens is 2. The summed E-state index contributed by atoms with van der Waals surface area (Å²) in [5, 5.41) is 15.3. The highest BCUT2D eigenvalue weighted by Crippen LogP contribution is 2.52. The molecule has 7 fully saturated rings. The number of amides is 2. The maximum Gasteiger partial charge on any atom is 0.337 e. The van der Waals surface area contributed by atoms with Crippen molar-refractivity contribution in [2.45, 2.75) is 148 Å². The summed E-state index contributed by atoms with van der Waals surface area (Å²) in [4.78, 5) is 48.7. The molecule has 4 atom stereocenters. The summed E-state index contributed by atoms with van der Waals surface area (Å²) < 4.78 is 47.7. The molecule has 2 N–H and O–H groups in total. The number of benzene rings is 2. The lowest BCUT2D eigenvalue weighted by Gasteiger charge is -2.47. The van der Waals surface area contributed by atoms with Gasteiger partial charge in [0, 0.05) is 55.5 Å². The van der Waals surface area contributed by atoms with Crippen LogP contribution in [0.1, 0.15) is 168 Å². The average Bonchev–Trinajstić information content (AvgIpc) is 4.15. The van der Waals surface area contributed by atoms with Crippen LogP contribution in [0.25, 0.3) is 0 Å². The van der Waals surface area contributed by atoms with Crippen LogP contribution in [0.5, 0.6) is 11.5 Å². The summed E-state index contributed by atoms with van der Waals surface area (Å²) in [5.41, 5.74) is 2.33. The maximum atomic E-state index is 15.2. The third kappa shape index (κ3) is 12.8. The maximum absolute atomic E-state index is 15.2. The lowest BCUT2D eigenvalue weighted by molar-refractivity contribution is -0.138. The zero-order valence-corrected chi connectivity index (χ0v) is 40.2. The van der Waals surface area contributed by atoms with Crippen molar-refractivity contribution in [3.05, 3.63) is 58.2 Å². The normalized spacial score (nSPS) is 27.5. The van der Waals surface area contributed by atoms with Gasteiger partial charge in [0.25, 0.3) is 18.3 Å². The molecule has 2 saturated heterocycles. The largest absolute Gasteiger partial charge is 0.493 e. The minimum atomic E-state index is -1.06. The average molecular weight is 927 g/mol. The van der Waals surface area contributed by atoms with E-state index >= 15 is 4.39 Å². The molecule has 2 bridgehead atoms. The number of aliphatic carboxylic acids is 1. The first kappa shape index (κ1) is 50.5. The number of carbonyl (C=O) groups excluding carboxylic acids is 2. The van der Waals surface area contributed by atoms with Gasteiger partial charge in [-0.2, -0.15) is 0 Å². The molecule has 2 heterocycles. The lowest BCUT2D eigenvalue weighted by atomic mass is 9.60. The minimum Gasteiger partial charge on any atom is -0.493 e. The Balaban J connectivity index is 0.000000199. The van der Waals surface area contributed by atoms with E-state index in [0.29, 0.717) is 56.0 Å². The van der Waals surface area contributed by atoms with Gasteiger partial charge in [-0.25, -0.2) is 13.6 Å². The van der Waals surface area contributed by atoms with Crippen LogP contribution >= 0.6 is 11.8 Å². The second-order valence-electron chi connectivity index (χ2n) is 20.2. The first-order valence-electron chi connectivity index (χ1n) is 24.1. The zero-order valence-electron chi connectivity index (χ0n) is 39.4. The standard InChI is InChI=1S/C26H34FNO4S.C22H30FNO3.C2H6.CH2O2/c1-15-7-16-9-17(8-15)13-26(2,12-16)14-32-22-11-21(27)20(10-19(22)18-3-4-18)23(29)28-5-6-33-24(28)25(30)31;1-22(8-3-4-9-22)14-27-20-12-19(23)18(11-17(20)15-5-6-15)21(25)24-10-7-16(13-24)26-2;1-2;2-1-3/h10-11,15-18,24H,3-9,12-14H2,1-2H3,(H,30,31);11-12,15-16H,3-10,13-14H2,1-2H3;1-2H3;1H,(H,2,3). The second-order valence-corrected chi connectivity index (χ2v) is 21.4. The van der Waals surface area contributed by atoms with Gasteiger partial charge in [-0.3, -0.25) is 14.4 Å². The highest BCUT2D eigenvalue weighted by molar-refractivity contribution is 8.00. The number of carbonyl (C=O) groups is 4. The number of fused-ring (bicyclic) bond motifs is 2. The van der Waals surface area contributed by atoms with Gasteiger partial charge in [0.15, 0.2) is 5.37 Å². The van der Waals surface area contributed by atoms with E-state index < -0.39 is 28.9 Å². The number of hydrogen-bond acceptors (Lipinski definition) is 8. The molecule has 0 aromatic heterocycles. The van der Waals surface area contributed by atoms with Gasteiger partial charge in [-0.15, -0.1) is 11.8 Å². The monoisotopic (exact) mass is 926 g/mol. The highest BCUT2D eigenvalue weighted by Gasteiger charge is 2.43. The van der Waals surface area contributed by atoms with E-state index in [-0.39, 0.29) is 46.4 Å². The van der Waals surface area contributed by atoms with E-state index in [1.165, 1.54) is 73.7 Å². The number of ether oxygens (including phenoxy) is 3. The van der Waals surface area contributed by atoms with Crippen LogP contribution in [0.4, 0.5) is 8.78 Å². The summed E-state index contributed by atoms with van der Waals surface area (Å²) in [6.45, 7) is 13.3. The van der Waals surface area contributed by atoms with Gasteiger partial charge < -0.3 is 34.2 Å². The molecule has 65 heavy (non-hydrogen) atoms. The van der Waals surface area contributed by atoms with Crippen LogP contribution in [0.3, 0.4) is 0 Å². The molecule has 5 aliphatic carbocycles. The van der Waals surface area contributed by atoms with Crippen molar-refractivity contribution >= 4 is 36.0 Å². The molecular formula is C51H72F2N2O9S. The topological polar surface area (TPSA) is 143 Å². The highest BCUT2D eigenvalue weighted by atomic mass is 32.2. The Morgan fingerprint density at radius 2 is 1.31 bits per heavy atom. The third-order valence-corrected chi connectivity index (χ3v) is 15.7. The van der Waals surface area contributed by atoms with E-state index in [0.717, 1.165) is 73.8 Å². The minimum absolute atomic E-state index is 0.0367. The van der Waals surface area contributed by atoms with Crippen LogP contribution in [0.2, 0.25) is 0 Å². The third-order valence-electron chi connectivity index (χ3n) is 14.5. The Morgan fingerprint density at radius 1 is 0.800 bits per heavy atom. The lowest BCUT2D eigenvalue weighted by Crippen LogP contribution is -2.40. The van der Waals surface area contributed by atoms with Crippen LogP contribution in [-0.4, -0.2) is 101 Å². The molecule has 0 radical (unpaired) electrons.